The van der Waals surface area contributed by atoms with E-state index in [1.165, 1.54) is 18.2 Å². The van der Waals surface area contributed by atoms with Crippen molar-refractivity contribution >= 4 is 67.6 Å². The lowest BCUT2D eigenvalue weighted by Gasteiger charge is -2.37. The fraction of sp³-hybridized carbons (Fsp3) is 0.382. The molecule has 0 atom stereocenters. The molecule has 6 aromatic rings. The summed E-state index contributed by atoms with van der Waals surface area (Å²) in [6.07, 6.45) is -88.7. The standard InChI is InChI=1S/C13H10F6N2O.2C12H8F12N2O2.2C9H8F6N2O/c14-12(15,16)11(22,13(17,18)19)8-5-4-6-7(10(8)21)2-1-3-9(6)20;13-9(14,15)7(27,10(16,17)18)3-1-5(25)4(2-6(3)26)8(28,11(19,20)21)12(22,23)24;13-9(14,15)7(27,10(16,17)18)3-1-4(6(26)2-5(3)25)8(28,11(19,20)21)12(22,23)24;10-8(11,12)7(18,9(13,14)15)4-1-5(16)3-6(17)2-4;10-8(11,12)7(18,9(13,14)15)5-3-4(16)1-2-6(5)17/h1-5,22H,20-21H2;2*1-2,27-28H,25-26H2;2*1-3,18H,16-17H2. The van der Waals surface area contributed by atoms with Gasteiger partial charge in [-0.2, -0.15) is 184 Å². The summed E-state index contributed by atoms with van der Waals surface area (Å²) in [5.74, 6) is 0. The van der Waals surface area contributed by atoms with Crippen LogP contribution in [0.1, 0.15) is 38.9 Å². The Morgan fingerprint density at radius 2 is 0.412 bits per heavy atom. The third-order valence-corrected chi connectivity index (χ3v) is 15.1. The number of hydrogen-bond acceptors (Lipinski definition) is 17. The molecule has 0 heterocycles. The summed E-state index contributed by atoms with van der Waals surface area (Å²) in [5.41, 5.74) is -12.6. The Morgan fingerprint density at radius 1 is 0.175 bits per heavy atom. The molecule has 27 N–H and O–H groups in total. The lowest BCUT2D eigenvalue weighted by Crippen LogP contribution is -2.56. The molecule has 0 fully saturated rings. The molecule has 114 heavy (non-hydrogen) atoms. The average Bonchev–Trinajstić information content (AvgIpc) is 0.740. The number of fused-ring (bicyclic) bond motifs is 1. The zero-order valence-corrected chi connectivity index (χ0v) is 53.4. The van der Waals surface area contributed by atoms with Gasteiger partial charge in [0.1, 0.15) is 0 Å². The SMILES string of the molecule is Nc1cc(C(O)(C(F)(F)F)C(F)(F)F)c(N)cc1C(O)(C(F)(F)F)C(F)(F)F.Nc1cc(N)c(C(O)(C(F)(F)F)C(F)(F)F)cc1C(O)(C(F)(F)F)C(F)(F)F.Nc1cc(N)cc(C(O)(C(F)(F)F)C(F)(F)F)c1.Nc1ccc(N)c(C(O)(C(F)(F)F)C(F)(F)F)c1.Nc1cccc2c(N)c(C(O)(C(F)(F)F)C(F)(F)F)ccc12. The normalized spacial score (nSPS) is 14.4. The molecule has 0 spiro atoms. The molecule has 0 aliphatic heterocycles. The van der Waals surface area contributed by atoms with Crippen LogP contribution < -0.4 is 57.3 Å². The smallest absolute Gasteiger partial charge is 0.399 e. The summed E-state index contributed by atoms with van der Waals surface area (Å²) in [6, 6.07) is 6.55. The molecule has 0 bridgehead atoms. The molecule has 0 aliphatic rings. The molecule has 0 unspecified atom stereocenters. The number of anilines is 10. The van der Waals surface area contributed by atoms with E-state index in [0.29, 0.717) is 24.3 Å². The van der Waals surface area contributed by atoms with Crippen LogP contribution >= 0.6 is 0 Å². The minimum Gasteiger partial charge on any atom is -0.399 e. The van der Waals surface area contributed by atoms with Gasteiger partial charge in [-0.25, -0.2) is 0 Å². The molecule has 59 heteroatoms. The summed E-state index contributed by atoms with van der Waals surface area (Å²) in [6.45, 7) is 0. The second-order valence-electron chi connectivity index (χ2n) is 22.7. The fourth-order valence-corrected chi connectivity index (χ4v) is 9.30. The Morgan fingerprint density at radius 3 is 0.675 bits per heavy atom. The van der Waals surface area contributed by atoms with Crippen LogP contribution in [0.25, 0.3) is 10.8 Å². The molecular weight excluding hydrogens is 1710 g/mol. The molecule has 6 rings (SSSR count). The summed E-state index contributed by atoms with van der Waals surface area (Å²) in [7, 11) is 0. The number of benzene rings is 6. The molecule has 0 aromatic heterocycles. The number of hydrogen-bond donors (Lipinski definition) is 17. The Balaban J connectivity index is 0.000000489. The first-order valence-corrected chi connectivity index (χ1v) is 27.6. The largest absolute Gasteiger partial charge is 0.430 e. The van der Waals surface area contributed by atoms with Gasteiger partial charge < -0.3 is 93.1 Å². The van der Waals surface area contributed by atoms with Crippen LogP contribution in [0.2, 0.25) is 0 Å². The van der Waals surface area contributed by atoms with Gasteiger partial charge in [-0.1, -0.05) is 24.3 Å². The molecule has 0 saturated heterocycles. The fourth-order valence-electron chi connectivity index (χ4n) is 9.30. The number of rotatable bonds is 7. The van der Waals surface area contributed by atoms with E-state index in [0.717, 1.165) is 24.3 Å². The van der Waals surface area contributed by atoms with E-state index in [-0.39, 0.29) is 28.2 Å². The molecule has 0 saturated carbocycles. The van der Waals surface area contributed by atoms with E-state index < -0.39 is 228 Å². The monoisotopic (exact) mass is 1750 g/mol. The maximum atomic E-state index is 12.9. The predicted octanol–water partition coefficient (Wildman–Crippen LogP) is 14.6. The molecule has 0 radical (unpaired) electrons. The first kappa shape index (κ1) is 100. The maximum Gasteiger partial charge on any atom is 0.430 e. The number of nitrogen functional groups attached to an aromatic ring is 10. The van der Waals surface area contributed by atoms with Gasteiger partial charge in [0, 0.05) is 107 Å². The lowest BCUT2D eigenvalue weighted by atomic mass is 9.83. The van der Waals surface area contributed by atoms with Crippen molar-refractivity contribution in [3.63, 3.8) is 0 Å². The van der Waals surface area contributed by atoms with Crippen molar-refractivity contribution in [2.24, 2.45) is 0 Å². The Labute approximate surface area is 600 Å². The summed E-state index contributed by atoms with van der Waals surface area (Å²) in [4.78, 5) is 0. The Kier molecular flexibility index (Phi) is 26.9. The van der Waals surface area contributed by atoms with Crippen LogP contribution in [0.4, 0.5) is 241 Å². The van der Waals surface area contributed by atoms with Crippen molar-refractivity contribution in [1.29, 1.82) is 0 Å². The van der Waals surface area contributed by atoms with Gasteiger partial charge in [-0.05, 0) is 66.7 Å². The number of halogens is 42. The third kappa shape index (κ3) is 17.9. The third-order valence-electron chi connectivity index (χ3n) is 15.1. The minimum absolute atomic E-state index is 0.107. The topological polar surface area (TPSA) is 402 Å². The zero-order chi connectivity index (χ0) is 91.1. The van der Waals surface area contributed by atoms with E-state index in [1.807, 2.05) is 0 Å². The van der Waals surface area contributed by atoms with Gasteiger partial charge in [-0.15, -0.1) is 0 Å². The van der Waals surface area contributed by atoms with Crippen LogP contribution in [0.3, 0.4) is 0 Å². The predicted molar refractivity (Wildman–Crippen MR) is 306 cm³/mol. The van der Waals surface area contributed by atoms with Crippen LogP contribution in [-0.4, -0.2) is 122 Å². The molecule has 648 valence electrons. The highest BCUT2D eigenvalue weighted by molar-refractivity contribution is 6.01. The van der Waals surface area contributed by atoms with E-state index in [1.54, 1.807) is 0 Å². The van der Waals surface area contributed by atoms with Crippen LogP contribution in [0.15, 0.2) is 91.0 Å². The lowest BCUT2D eigenvalue weighted by molar-refractivity contribution is -0.378. The molecule has 6 aromatic carbocycles. The van der Waals surface area contributed by atoms with E-state index in [9.17, 15) is 210 Å². The molecule has 0 aliphatic carbocycles. The second kappa shape index (κ2) is 30.5. The van der Waals surface area contributed by atoms with Crippen molar-refractivity contribution < 1.29 is 220 Å². The number of alkyl halides is 42. The van der Waals surface area contributed by atoms with E-state index in [2.05, 4.69) is 0 Å². The van der Waals surface area contributed by atoms with Crippen molar-refractivity contribution in [3.8, 4) is 0 Å². The summed E-state index contributed by atoms with van der Waals surface area (Å²) >= 11 is 0. The van der Waals surface area contributed by atoms with Crippen LogP contribution in [0.5, 0.6) is 0 Å². The van der Waals surface area contributed by atoms with Crippen molar-refractivity contribution in [3.05, 3.63) is 130 Å². The molecule has 17 nitrogen and oxygen atoms in total. The van der Waals surface area contributed by atoms with Gasteiger partial charge in [0.25, 0.3) is 39.2 Å². The minimum atomic E-state index is -6.68. The van der Waals surface area contributed by atoms with Crippen molar-refractivity contribution in [2.45, 2.75) is 126 Å². The number of aliphatic hydroxyl groups is 7. The van der Waals surface area contributed by atoms with E-state index in [4.69, 9.17) is 67.5 Å². The Bertz CT molecular complexity index is 4150. The van der Waals surface area contributed by atoms with Gasteiger partial charge in [0.15, 0.2) is 0 Å². The highest BCUT2D eigenvalue weighted by Gasteiger charge is 2.79. The summed E-state index contributed by atoms with van der Waals surface area (Å²) < 4.78 is 536. The number of nitrogens with two attached hydrogens (primary N) is 10. The van der Waals surface area contributed by atoms with Crippen molar-refractivity contribution in [2.75, 3.05) is 57.3 Å². The summed E-state index contributed by atoms with van der Waals surface area (Å²) in [5, 5.41) is 64.4. The first-order valence-electron chi connectivity index (χ1n) is 27.6. The highest BCUT2D eigenvalue weighted by Crippen LogP contribution is 2.61. The van der Waals surface area contributed by atoms with Gasteiger partial charge in [0.2, 0.25) is 0 Å². The van der Waals surface area contributed by atoms with Crippen LogP contribution in [-0.2, 0) is 39.2 Å². The van der Waals surface area contributed by atoms with Crippen LogP contribution in [0, 0.1) is 0 Å². The van der Waals surface area contributed by atoms with Gasteiger partial charge in [-0.3, -0.25) is 0 Å². The average molecular weight is 1750 g/mol. The Hall–Kier alpha value is -9.64. The first-order chi connectivity index (χ1) is 49.8. The highest BCUT2D eigenvalue weighted by atomic mass is 19.5. The van der Waals surface area contributed by atoms with Gasteiger partial charge in [0.05, 0.1) is 0 Å². The quantitative estimate of drug-likeness (QED) is 0.0521. The molecule has 0 amide bonds. The zero-order valence-electron chi connectivity index (χ0n) is 53.4. The van der Waals surface area contributed by atoms with Gasteiger partial charge >= 0.3 is 86.5 Å². The second-order valence-corrected chi connectivity index (χ2v) is 22.7. The van der Waals surface area contributed by atoms with E-state index >= 15 is 0 Å². The molecular formula is C55H42F42N10O7. The maximum absolute atomic E-state index is 12.9. The van der Waals surface area contributed by atoms with Crippen molar-refractivity contribution in [1.82, 2.24) is 0 Å².